The van der Waals surface area contributed by atoms with Gasteiger partial charge in [-0.3, -0.25) is 0 Å². The average Bonchev–Trinajstić information content (AvgIpc) is 3.62. The quantitative estimate of drug-likeness (QED) is 0.430. The number of rotatable bonds is 6. The van der Waals surface area contributed by atoms with E-state index < -0.39 is 22.5 Å². The summed E-state index contributed by atoms with van der Waals surface area (Å²) in [7, 11) is -6.01. The van der Waals surface area contributed by atoms with Gasteiger partial charge in [0.25, 0.3) is 0 Å². The molecular formula is C18H36N9P3. The molecule has 0 radical (unpaired) electrons. The molecule has 0 aromatic rings. The van der Waals surface area contributed by atoms with Crippen LogP contribution < -0.4 is 0 Å². The van der Waals surface area contributed by atoms with Gasteiger partial charge in [0.1, 0.15) is 0 Å². The highest BCUT2D eigenvalue weighted by Crippen LogP contribution is 2.86. The Morgan fingerprint density at radius 1 is 0.300 bits per heavy atom. The topological polar surface area (TPSA) is 55.6 Å². The molecule has 12 heteroatoms. The van der Waals surface area contributed by atoms with Crippen molar-refractivity contribution in [3.63, 3.8) is 0 Å². The fraction of sp³-hybridized carbons (Fsp3) is 1.00. The van der Waals surface area contributed by atoms with Gasteiger partial charge in [-0.05, 0) is 25.7 Å². The Bertz CT molecular complexity index is 826. The van der Waals surface area contributed by atoms with Crippen LogP contribution in [-0.2, 0) is 0 Å². The second kappa shape index (κ2) is 7.22. The summed E-state index contributed by atoms with van der Waals surface area (Å²) in [4.78, 5) is 0. The summed E-state index contributed by atoms with van der Waals surface area (Å²) < 4.78 is 34.1. The Labute approximate surface area is 181 Å². The molecule has 168 valence electrons. The normalized spacial score (nSPS) is 42.8. The Hall–Kier alpha value is 0.450. The molecule has 0 amide bonds. The molecule has 30 heavy (non-hydrogen) atoms. The lowest BCUT2D eigenvalue weighted by atomic mass is 10.2. The van der Waals surface area contributed by atoms with Crippen molar-refractivity contribution in [3.05, 3.63) is 0 Å². The van der Waals surface area contributed by atoms with Gasteiger partial charge in [-0.1, -0.05) is 12.8 Å². The SMILES string of the molecule is C1CCN(P2(N3CC3)=NP(N3CC3)(N3CC3)=N[P@@](N3CCCCC3)(N3CC3)=N2)CC1. The van der Waals surface area contributed by atoms with Crippen LogP contribution in [0.15, 0.2) is 13.5 Å². The van der Waals surface area contributed by atoms with Crippen molar-refractivity contribution < 1.29 is 0 Å². The molecule has 6 saturated heterocycles. The molecule has 0 aromatic heterocycles. The lowest BCUT2D eigenvalue weighted by Gasteiger charge is -2.46. The minimum atomic E-state index is -2.02. The first-order valence-electron chi connectivity index (χ1n) is 12.2. The summed E-state index contributed by atoms with van der Waals surface area (Å²) in [5, 5.41) is 0. The molecule has 7 aliphatic heterocycles. The maximum atomic E-state index is 6.00. The van der Waals surface area contributed by atoms with Crippen molar-refractivity contribution in [2.45, 2.75) is 38.5 Å². The van der Waals surface area contributed by atoms with Gasteiger partial charge in [0.2, 0.25) is 22.5 Å². The molecular weight excluding hydrogens is 435 g/mol. The van der Waals surface area contributed by atoms with E-state index in [4.69, 9.17) is 13.5 Å². The van der Waals surface area contributed by atoms with E-state index >= 15 is 0 Å². The zero-order valence-corrected chi connectivity index (χ0v) is 20.8. The molecule has 0 aromatic carbocycles. The van der Waals surface area contributed by atoms with Gasteiger partial charge in [-0.2, -0.15) is 13.5 Å². The van der Waals surface area contributed by atoms with E-state index in [-0.39, 0.29) is 0 Å². The van der Waals surface area contributed by atoms with Crippen molar-refractivity contribution in [3.8, 4) is 0 Å². The zero-order valence-electron chi connectivity index (χ0n) is 18.1. The van der Waals surface area contributed by atoms with Gasteiger partial charge < -0.3 is 0 Å². The predicted molar refractivity (Wildman–Crippen MR) is 125 cm³/mol. The highest BCUT2D eigenvalue weighted by molar-refractivity contribution is 7.83. The fourth-order valence-electron chi connectivity index (χ4n) is 5.30. The van der Waals surface area contributed by atoms with E-state index in [1.807, 2.05) is 0 Å². The Kier molecular flexibility index (Phi) is 4.79. The van der Waals surface area contributed by atoms with E-state index in [1.54, 1.807) is 0 Å². The largest absolute Gasteiger partial charge is 0.240 e. The van der Waals surface area contributed by atoms with Gasteiger partial charge >= 0.3 is 0 Å². The molecule has 9 nitrogen and oxygen atoms in total. The Morgan fingerprint density at radius 3 is 0.767 bits per heavy atom. The summed E-state index contributed by atoms with van der Waals surface area (Å²) in [5.74, 6) is 0. The minimum Gasteiger partial charge on any atom is -0.240 e. The number of hydrogen-bond donors (Lipinski definition) is 0. The van der Waals surface area contributed by atoms with Crippen LogP contribution in [0.25, 0.3) is 0 Å². The van der Waals surface area contributed by atoms with E-state index in [0.717, 1.165) is 0 Å². The second-order valence-corrected chi connectivity index (χ2v) is 18.5. The van der Waals surface area contributed by atoms with Crippen molar-refractivity contribution in [2.75, 3.05) is 78.5 Å². The third-order valence-electron chi connectivity index (χ3n) is 7.36. The standard InChI is InChI=1S/C18H36N9P3/c1-3-7-22(8-4-1)28(24-11-12-24)19-29(25-13-14-25,23-9-5-2-6-10-23)21-30(20-28,26-15-16-26)27-17-18-27/h1-18H2/t28-,29?/m0/s1. The van der Waals surface area contributed by atoms with E-state index in [9.17, 15) is 0 Å². The van der Waals surface area contributed by atoms with E-state index in [1.165, 1.54) is 117 Å². The molecule has 2 atom stereocenters. The van der Waals surface area contributed by atoms with Crippen molar-refractivity contribution >= 4 is 22.5 Å². The number of piperidine rings is 2. The molecule has 1 unspecified atom stereocenters. The lowest BCUT2D eigenvalue weighted by Crippen LogP contribution is -2.33. The van der Waals surface area contributed by atoms with E-state index in [0.29, 0.717) is 0 Å². The Balaban J connectivity index is 1.48. The van der Waals surface area contributed by atoms with Crippen LogP contribution in [0.5, 0.6) is 0 Å². The van der Waals surface area contributed by atoms with Crippen LogP contribution in [0.4, 0.5) is 0 Å². The second-order valence-electron chi connectivity index (χ2n) is 9.72. The summed E-state index contributed by atoms with van der Waals surface area (Å²) in [6.45, 7) is 14.3. The smallest absolute Gasteiger partial charge is 0.221 e. The minimum absolute atomic E-state index is 1.19. The fourth-order valence-corrected chi connectivity index (χ4v) is 21.2. The third-order valence-corrected chi connectivity index (χ3v) is 20.1. The van der Waals surface area contributed by atoms with Crippen LogP contribution in [-0.4, -0.2) is 107 Å². The van der Waals surface area contributed by atoms with Crippen LogP contribution in [0.2, 0.25) is 0 Å². The van der Waals surface area contributed by atoms with Crippen LogP contribution in [0, 0.1) is 0 Å². The summed E-state index contributed by atoms with van der Waals surface area (Å²) >= 11 is 0. The monoisotopic (exact) mass is 471 g/mol. The maximum absolute atomic E-state index is 6.00. The van der Waals surface area contributed by atoms with Crippen molar-refractivity contribution in [1.29, 1.82) is 0 Å². The first-order chi connectivity index (χ1) is 14.8. The van der Waals surface area contributed by atoms with Crippen molar-refractivity contribution in [2.24, 2.45) is 13.5 Å². The summed E-state index contributed by atoms with van der Waals surface area (Å²) in [6.07, 6.45) is 8.01. The highest BCUT2D eigenvalue weighted by Gasteiger charge is 2.57. The summed E-state index contributed by atoms with van der Waals surface area (Å²) in [5.41, 5.74) is 0. The lowest BCUT2D eigenvalue weighted by molar-refractivity contribution is 0.350. The Morgan fingerprint density at radius 2 is 0.533 bits per heavy atom. The number of nitrogens with zero attached hydrogens (tertiary/aromatic N) is 9. The first kappa shape index (κ1) is 19.9. The van der Waals surface area contributed by atoms with Crippen LogP contribution in [0.3, 0.4) is 0 Å². The van der Waals surface area contributed by atoms with Gasteiger partial charge in [0.15, 0.2) is 0 Å². The molecule has 0 aliphatic carbocycles. The molecule has 7 rings (SSSR count). The molecule has 6 fully saturated rings. The average molecular weight is 471 g/mol. The van der Waals surface area contributed by atoms with E-state index in [2.05, 4.69) is 28.0 Å². The van der Waals surface area contributed by atoms with Gasteiger partial charge in [0, 0.05) is 78.5 Å². The van der Waals surface area contributed by atoms with Crippen LogP contribution >= 0.6 is 22.5 Å². The van der Waals surface area contributed by atoms with Crippen LogP contribution in [0.1, 0.15) is 38.5 Å². The molecule has 7 aliphatic rings. The molecule has 7 heterocycles. The third kappa shape index (κ3) is 3.15. The first-order valence-corrected chi connectivity index (χ1v) is 17.0. The molecule has 0 spiro atoms. The maximum Gasteiger partial charge on any atom is 0.221 e. The van der Waals surface area contributed by atoms with Crippen molar-refractivity contribution in [1.82, 2.24) is 28.0 Å². The predicted octanol–water partition coefficient (Wildman–Crippen LogP) is 4.07. The molecule has 0 saturated carbocycles. The molecule has 0 N–H and O–H groups in total. The number of hydrogen-bond acceptors (Lipinski definition) is 9. The van der Waals surface area contributed by atoms with Gasteiger partial charge in [-0.25, -0.2) is 28.0 Å². The van der Waals surface area contributed by atoms with Gasteiger partial charge in [0.05, 0.1) is 0 Å². The molecule has 0 bridgehead atoms. The summed E-state index contributed by atoms with van der Waals surface area (Å²) in [6, 6.07) is 0. The van der Waals surface area contributed by atoms with Gasteiger partial charge in [-0.15, -0.1) is 0 Å². The zero-order chi connectivity index (χ0) is 19.8. The highest BCUT2D eigenvalue weighted by atomic mass is 31.3.